The van der Waals surface area contributed by atoms with E-state index in [1.165, 1.54) is 24.3 Å². The minimum atomic E-state index is -3.31. The fraction of sp³-hybridized carbons (Fsp3) is 0.286. The summed E-state index contributed by atoms with van der Waals surface area (Å²) in [6.45, 7) is 7.70. The molecule has 0 atom stereocenters. The van der Waals surface area contributed by atoms with E-state index in [-0.39, 0.29) is 22.0 Å². The van der Waals surface area contributed by atoms with Crippen molar-refractivity contribution in [2.24, 2.45) is 0 Å². The monoisotopic (exact) mass is 412 g/mol. The molecule has 0 bridgehead atoms. The van der Waals surface area contributed by atoms with Crippen LogP contribution in [0.1, 0.15) is 43.7 Å². The Morgan fingerprint density at radius 2 is 1.79 bits per heavy atom. The standard InChI is InChI=1S/C21H24N4O3S/c1-5-29(27,28)16-11-9-15(10-12-16)20(26)23-19-14-17(21(2,3)4)24-25(19)18-8-6-7-13-22-18/h6-14H,5H2,1-4H3,(H,23,26). The molecular formula is C21H24N4O3S. The lowest BCUT2D eigenvalue weighted by Gasteiger charge is -2.13. The molecule has 2 heterocycles. The number of pyridine rings is 1. The molecule has 152 valence electrons. The van der Waals surface area contributed by atoms with Crippen LogP contribution in [0.4, 0.5) is 5.82 Å². The molecule has 0 saturated carbocycles. The average Bonchev–Trinajstić information content (AvgIpc) is 3.13. The van der Waals surface area contributed by atoms with Crippen LogP contribution in [-0.4, -0.2) is 34.8 Å². The number of benzene rings is 1. The molecule has 0 aliphatic carbocycles. The van der Waals surface area contributed by atoms with Crippen molar-refractivity contribution < 1.29 is 13.2 Å². The van der Waals surface area contributed by atoms with Gasteiger partial charge in [-0.1, -0.05) is 33.8 Å². The molecule has 0 fully saturated rings. The number of nitrogens with zero attached hydrogens (tertiary/aromatic N) is 3. The number of carbonyl (C=O) groups excluding carboxylic acids is 1. The van der Waals surface area contributed by atoms with Crippen molar-refractivity contribution in [2.75, 3.05) is 11.1 Å². The van der Waals surface area contributed by atoms with Crippen LogP contribution in [0.3, 0.4) is 0 Å². The number of hydrogen-bond acceptors (Lipinski definition) is 5. The number of anilines is 1. The maximum Gasteiger partial charge on any atom is 0.256 e. The lowest BCUT2D eigenvalue weighted by molar-refractivity contribution is 0.102. The Balaban J connectivity index is 1.93. The molecule has 3 aromatic rings. The van der Waals surface area contributed by atoms with Crippen LogP contribution in [0, 0.1) is 0 Å². The number of nitrogens with one attached hydrogen (secondary N) is 1. The van der Waals surface area contributed by atoms with Crippen molar-refractivity contribution in [3.05, 3.63) is 66.0 Å². The van der Waals surface area contributed by atoms with Crippen molar-refractivity contribution in [3.8, 4) is 5.82 Å². The number of sulfone groups is 1. The van der Waals surface area contributed by atoms with Crippen molar-refractivity contribution in [2.45, 2.75) is 38.0 Å². The molecule has 0 saturated heterocycles. The third-order valence-corrected chi connectivity index (χ3v) is 6.19. The van der Waals surface area contributed by atoms with Crippen molar-refractivity contribution in [1.82, 2.24) is 14.8 Å². The quantitative estimate of drug-likeness (QED) is 0.691. The Kier molecular flexibility index (Phi) is 5.57. The van der Waals surface area contributed by atoms with E-state index >= 15 is 0 Å². The van der Waals surface area contributed by atoms with Gasteiger partial charge in [0.25, 0.3) is 5.91 Å². The Morgan fingerprint density at radius 3 is 2.34 bits per heavy atom. The minimum Gasteiger partial charge on any atom is -0.306 e. The Hall–Kier alpha value is -3.00. The summed E-state index contributed by atoms with van der Waals surface area (Å²) in [5.74, 6) is 0.728. The second-order valence-corrected chi connectivity index (χ2v) is 9.92. The number of carbonyl (C=O) groups is 1. The number of hydrogen-bond donors (Lipinski definition) is 1. The second kappa shape index (κ2) is 7.79. The van der Waals surface area contributed by atoms with Crippen LogP contribution < -0.4 is 5.32 Å². The summed E-state index contributed by atoms with van der Waals surface area (Å²) in [5.41, 5.74) is 0.948. The molecule has 0 aliphatic heterocycles. The Morgan fingerprint density at radius 1 is 1.10 bits per heavy atom. The van der Waals surface area contributed by atoms with E-state index in [2.05, 4.69) is 15.4 Å². The van der Waals surface area contributed by atoms with E-state index in [0.717, 1.165) is 5.69 Å². The van der Waals surface area contributed by atoms with Gasteiger partial charge in [0, 0.05) is 23.2 Å². The predicted octanol–water partition coefficient (Wildman–Crippen LogP) is 3.61. The fourth-order valence-electron chi connectivity index (χ4n) is 2.66. The van der Waals surface area contributed by atoms with Gasteiger partial charge in [-0.2, -0.15) is 9.78 Å². The van der Waals surface area contributed by atoms with Crippen LogP contribution >= 0.6 is 0 Å². The van der Waals surface area contributed by atoms with Crippen LogP contribution in [-0.2, 0) is 15.3 Å². The first-order chi connectivity index (χ1) is 13.6. The topological polar surface area (TPSA) is 94.0 Å². The zero-order valence-electron chi connectivity index (χ0n) is 16.9. The smallest absolute Gasteiger partial charge is 0.256 e. The highest BCUT2D eigenvalue weighted by Crippen LogP contribution is 2.26. The third kappa shape index (κ3) is 4.54. The van der Waals surface area contributed by atoms with Gasteiger partial charge < -0.3 is 5.32 Å². The maximum atomic E-state index is 12.8. The van der Waals surface area contributed by atoms with Crippen LogP contribution in [0.15, 0.2) is 59.6 Å². The van der Waals surface area contributed by atoms with Crippen LogP contribution in [0.5, 0.6) is 0 Å². The average molecular weight is 413 g/mol. The van der Waals surface area contributed by atoms with Gasteiger partial charge in [0.15, 0.2) is 15.7 Å². The van der Waals surface area contributed by atoms with Gasteiger partial charge in [0.1, 0.15) is 5.82 Å². The van der Waals surface area contributed by atoms with Crippen molar-refractivity contribution in [3.63, 3.8) is 0 Å². The molecule has 1 aromatic carbocycles. The van der Waals surface area contributed by atoms with Gasteiger partial charge in [-0.15, -0.1) is 0 Å². The molecule has 29 heavy (non-hydrogen) atoms. The summed E-state index contributed by atoms with van der Waals surface area (Å²) in [7, 11) is -3.31. The molecule has 7 nitrogen and oxygen atoms in total. The molecule has 0 unspecified atom stereocenters. The molecular weight excluding hydrogens is 388 g/mol. The predicted molar refractivity (Wildman–Crippen MR) is 112 cm³/mol. The summed E-state index contributed by atoms with van der Waals surface area (Å²) in [6, 6.07) is 13.2. The highest BCUT2D eigenvalue weighted by atomic mass is 32.2. The molecule has 0 aliphatic rings. The van der Waals surface area contributed by atoms with Gasteiger partial charge in [0.05, 0.1) is 16.3 Å². The zero-order chi connectivity index (χ0) is 21.2. The first kappa shape index (κ1) is 20.7. The lowest BCUT2D eigenvalue weighted by atomic mass is 9.92. The van der Waals surface area contributed by atoms with Gasteiger partial charge in [0.2, 0.25) is 0 Å². The van der Waals surface area contributed by atoms with Crippen LogP contribution in [0.25, 0.3) is 5.82 Å². The van der Waals surface area contributed by atoms with E-state index < -0.39 is 9.84 Å². The van der Waals surface area contributed by atoms with Gasteiger partial charge in [-0.25, -0.2) is 13.4 Å². The summed E-state index contributed by atoms with van der Waals surface area (Å²) in [6.07, 6.45) is 1.66. The zero-order valence-corrected chi connectivity index (χ0v) is 17.7. The second-order valence-electron chi connectivity index (χ2n) is 7.65. The van der Waals surface area contributed by atoms with E-state index in [4.69, 9.17) is 0 Å². The van der Waals surface area contributed by atoms with Gasteiger partial charge in [-0.3, -0.25) is 4.79 Å². The summed E-state index contributed by atoms with van der Waals surface area (Å²) in [4.78, 5) is 17.3. The fourth-order valence-corrected chi connectivity index (χ4v) is 3.54. The van der Waals surface area contributed by atoms with Crippen molar-refractivity contribution >= 4 is 21.6 Å². The molecule has 0 spiro atoms. The summed E-state index contributed by atoms with van der Waals surface area (Å²) in [5, 5.41) is 7.48. The minimum absolute atomic E-state index is 0.0113. The number of aromatic nitrogens is 3. The molecule has 2 aromatic heterocycles. The molecule has 1 N–H and O–H groups in total. The van der Waals surface area contributed by atoms with E-state index in [0.29, 0.717) is 17.2 Å². The third-order valence-electron chi connectivity index (χ3n) is 4.44. The molecule has 1 amide bonds. The highest BCUT2D eigenvalue weighted by Gasteiger charge is 2.22. The Labute approximate surface area is 170 Å². The Bertz CT molecular complexity index is 1110. The van der Waals surface area contributed by atoms with E-state index in [1.54, 1.807) is 23.9 Å². The number of amides is 1. The summed E-state index contributed by atoms with van der Waals surface area (Å²) >= 11 is 0. The first-order valence-electron chi connectivity index (χ1n) is 9.28. The van der Waals surface area contributed by atoms with Gasteiger partial charge in [-0.05, 0) is 36.4 Å². The van der Waals surface area contributed by atoms with Crippen molar-refractivity contribution in [1.29, 1.82) is 0 Å². The molecule has 0 radical (unpaired) electrons. The van der Waals surface area contributed by atoms with E-state index in [1.807, 2.05) is 39.0 Å². The van der Waals surface area contributed by atoms with Crippen LogP contribution in [0.2, 0.25) is 0 Å². The highest BCUT2D eigenvalue weighted by molar-refractivity contribution is 7.91. The molecule has 3 rings (SSSR count). The first-order valence-corrected chi connectivity index (χ1v) is 10.9. The summed E-state index contributed by atoms with van der Waals surface area (Å²) < 4.78 is 25.5. The maximum absolute atomic E-state index is 12.8. The SMILES string of the molecule is CCS(=O)(=O)c1ccc(C(=O)Nc2cc(C(C)(C)C)nn2-c2ccccn2)cc1. The molecule has 8 heteroatoms. The largest absolute Gasteiger partial charge is 0.306 e. The lowest BCUT2D eigenvalue weighted by Crippen LogP contribution is -2.16. The normalized spacial score (nSPS) is 12.0. The number of rotatable bonds is 5. The van der Waals surface area contributed by atoms with Gasteiger partial charge >= 0.3 is 0 Å². The van der Waals surface area contributed by atoms with E-state index in [9.17, 15) is 13.2 Å².